The maximum absolute atomic E-state index is 14.0. The lowest BCUT2D eigenvalue weighted by Crippen LogP contribution is -2.38. The fourth-order valence-corrected chi connectivity index (χ4v) is 4.87. The van der Waals surface area contributed by atoms with Crippen molar-refractivity contribution in [2.45, 2.75) is 19.4 Å². The molecular formula is C25H24FN7O2S. The molecule has 36 heavy (non-hydrogen) atoms. The largest absolute Gasteiger partial charge is 0.341 e. The molecule has 2 aliphatic rings. The van der Waals surface area contributed by atoms with Crippen LogP contribution in [-0.2, 0) is 11.3 Å². The van der Waals surface area contributed by atoms with Crippen molar-refractivity contribution in [1.82, 2.24) is 30.6 Å². The van der Waals surface area contributed by atoms with Crippen molar-refractivity contribution in [2.75, 3.05) is 24.5 Å². The van der Waals surface area contributed by atoms with Gasteiger partial charge in [-0.25, -0.2) is 14.4 Å². The number of hydrogen-bond donors (Lipinski definition) is 2. The molecule has 0 aliphatic carbocycles. The predicted octanol–water partition coefficient (Wildman–Crippen LogP) is 3.40. The summed E-state index contributed by atoms with van der Waals surface area (Å²) in [6.45, 7) is 3.12. The lowest BCUT2D eigenvalue weighted by Gasteiger charge is -2.32. The molecule has 2 amide bonds. The summed E-state index contributed by atoms with van der Waals surface area (Å²) in [5.74, 6) is 0.350. The van der Waals surface area contributed by atoms with Gasteiger partial charge in [0.2, 0.25) is 5.95 Å². The first-order valence-electron chi connectivity index (χ1n) is 11.6. The molecule has 0 aromatic carbocycles. The lowest BCUT2D eigenvalue weighted by molar-refractivity contribution is -0.115. The summed E-state index contributed by atoms with van der Waals surface area (Å²) in [5.41, 5.74) is 2.49. The Labute approximate surface area is 211 Å². The zero-order valence-electron chi connectivity index (χ0n) is 19.4. The number of carbonyl (C=O) groups is 2. The zero-order valence-corrected chi connectivity index (χ0v) is 20.2. The van der Waals surface area contributed by atoms with Gasteiger partial charge in [-0.05, 0) is 67.4 Å². The van der Waals surface area contributed by atoms with E-state index < -0.39 is 5.91 Å². The molecule has 5 heterocycles. The fraction of sp³-hybridized carbons (Fsp3) is 0.280. The van der Waals surface area contributed by atoms with Crippen molar-refractivity contribution in [3.05, 3.63) is 71.0 Å². The summed E-state index contributed by atoms with van der Waals surface area (Å²) in [4.78, 5) is 43.0. The monoisotopic (exact) mass is 505 g/mol. The van der Waals surface area contributed by atoms with Gasteiger partial charge in [0.05, 0.1) is 28.2 Å². The number of nitrogens with zero attached hydrogens (tertiary/aromatic N) is 5. The molecule has 2 aliphatic heterocycles. The van der Waals surface area contributed by atoms with Crippen molar-refractivity contribution >= 4 is 34.9 Å². The third-order valence-corrected chi connectivity index (χ3v) is 6.89. The van der Waals surface area contributed by atoms with Gasteiger partial charge in [-0.3, -0.25) is 24.9 Å². The van der Waals surface area contributed by atoms with Crippen LogP contribution in [0.2, 0.25) is 0 Å². The van der Waals surface area contributed by atoms with E-state index in [1.54, 1.807) is 36.7 Å². The van der Waals surface area contributed by atoms with Crippen molar-refractivity contribution in [2.24, 2.45) is 5.92 Å². The molecule has 0 unspecified atom stereocenters. The van der Waals surface area contributed by atoms with Gasteiger partial charge in [0, 0.05) is 37.6 Å². The molecule has 0 saturated carbocycles. The van der Waals surface area contributed by atoms with Crippen LogP contribution in [0.25, 0.3) is 17.3 Å². The molecule has 5 rings (SSSR count). The molecule has 3 aromatic heterocycles. The lowest BCUT2D eigenvalue weighted by atomic mass is 9.97. The highest BCUT2D eigenvalue weighted by Gasteiger charge is 2.25. The highest BCUT2D eigenvalue weighted by Crippen LogP contribution is 2.26. The number of nitrogens with one attached hydrogen (secondary N) is 2. The van der Waals surface area contributed by atoms with E-state index >= 15 is 0 Å². The van der Waals surface area contributed by atoms with E-state index in [0.717, 1.165) is 49.9 Å². The number of anilines is 1. The second-order valence-corrected chi connectivity index (χ2v) is 9.58. The van der Waals surface area contributed by atoms with Gasteiger partial charge in [0.25, 0.3) is 11.1 Å². The van der Waals surface area contributed by atoms with Gasteiger partial charge in [0.1, 0.15) is 0 Å². The second kappa shape index (κ2) is 10.9. The zero-order chi connectivity index (χ0) is 24.9. The van der Waals surface area contributed by atoms with E-state index in [1.807, 2.05) is 12.1 Å². The van der Waals surface area contributed by atoms with E-state index in [-0.39, 0.29) is 11.1 Å². The summed E-state index contributed by atoms with van der Waals surface area (Å²) < 4.78 is 14.0. The summed E-state index contributed by atoms with van der Waals surface area (Å²) in [6, 6.07) is 8.96. The van der Waals surface area contributed by atoms with Gasteiger partial charge in [-0.15, -0.1) is 0 Å². The topological polar surface area (TPSA) is 113 Å². The maximum Gasteiger partial charge on any atom is 0.290 e. The number of carbonyl (C=O) groups excluding carboxylic acids is 2. The van der Waals surface area contributed by atoms with Crippen LogP contribution in [0.3, 0.4) is 0 Å². The van der Waals surface area contributed by atoms with Crippen LogP contribution in [0.1, 0.15) is 24.2 Å². The van der Waals surface area contributed by atoms with Crippen LogP contribution in [0.15, 0.2) is 53.8 Å². The summed E-state index contributed by atoms with van der Waals surface area (Å²) in [7, 11) is 0. The molecule has 0 bridgehead atoms. The standard InChI is InChI=1S/C25H24FN7O2S/c26-20-15-27-8-5-19(20)21-3-1-2-18(30-21)14-28-13-16-6-10-33(11-7-16)24-29-9-4-17(31-24)12-22-23(34)32-25(35)36-22/h1-5,8-9,12,15-16,28H,6-7,10-11,13-14H2,(H,32,34,35). The van der Waals surface area contributed by atoms with E-state index in [1.165, 1.54) is 6.20 Å². The van der Waals surface area contributed by atoms with Crippen LogP contribution in [0.5, 0.6) is 0 Å². The number of thioether (sulfide) groups is 1. The molecule has 2 fully saturated rings. The fourth-order valence-electron chi connectivity index (χ4n) is 4.20. The quantitative estimate of drug-likeness (QED) is 0.467. The van der Waals surface area contributed by atoms with Crippen molar-refractivity contribution in [1.29, 1.82) is 0 Å². The number of hydrogen-bond acceptors (Lipinski definition) is 9. The maximum atomic E-state index is 14.0. The van der Waals surface area contributed by atoms with Crippen LogP contribution in [0.4, 0.5) is 15.1 Å². The number of amides is 2. The third kappa shape index (κ3) is 5.74. The minimum absolute atomic E-state index is 0.334. The van der Waals surface area contributed by atoms with Crippen LogP contribution in [0, 0.1) is 11.7 Å². The number of rotatable bonds is 7. The number of aromatic nitrogens is 4. The number of piperidine rings is 1. The highest BCUT2D eigenvalue weighted by molar-refractivity contribution is 8.18. The molecule has 0 radical (unpaired) electrons. The molecule has 0 atom stereocenters. The second-order valence-electron chi connectivity index (χ2n) is 8.56. The number of imide groups is 1. The molecule has 184 valence electrons. The smallest absolute Gasteiger partial charge is 0.290 e. The first-order valence-corrected chi connectivity index (χ1v) is 12.5. The van der Waals surface area contributed by atoms with Gasteiger partial charge in [-0.2, -0.15) is 0 Å². The first-order chi connectivity index (χ1) is 17.5. The summed E-state index contributed by atoms with van der Waals surface area (Å²) in [6.07, 6.45) is 8.01. The van der Waals surface area contributed by atoms with Crippen molar-refractivity contribution in [3.63, 3.8) is 0 Å². The van der Waals surface area contributed by atoms with E-state index in [0.29, 0.717) is 40.3 Å². The average Bonchev–Trinajstić information content (AvgIpc) is 3.21. The van der Waals surface area contributed by atoms with Gasteiger partial charge >= 0.3 is 0 Å². The molecule has 3 aromatic rings. The Kier molecular flexibility index (Phi) is 7.28. The molecule has 2 N–H and O–H groups in total. The molecule has 9 nitrogen and oxygen atoms in total. The Morgan fingerprint density at radius 2 is 2.00 bits per heavy atom. The van der Waals surface area contributed by atoms with E-state index in [9.17, 15) is 14.0 Å². The Balaban J connectivity index is 1.12. The van der Waals surface area contributed by atoms with Crippen molar-refractivity contribution in [3.8, 4) is 11.3 Å². The Bertz CT molecular complexity index is 1310. The van der Waals surface area contributed by atoms with Crippen LogP contribution in [-0.4, -0.2) is 50.7 Å². The predicted molar refractivity (Wildman–Crippen MR) is 135 cm³/mol. The van der Waals surface area contributed by atoms with Gasteiger partial charge in [-0.1, -0.05) is 6.07 Å². The molecule has 11 heteroatoms. The Morgan fingerprint density at radius 3 is 2.78 bits per heavy atom. The van der Waals surface area contributed by atoms with Crippen LogP contribution < -0.4 is 15.5 Å². The Morgan fingerprint density at radius 1 is 1.14 bits per heavy atom. The summed E-state index contributed by atoms with van der Waals surface area (Å²) in [5, 5.41) is 5.36. The average molecular weight is 506 g/mol. The van der Waals surface area contributed by atoms with Crippen LogP contribution >= 0.6 is 11.8 Å². The third-order valence-electron chi connectivity index (χ3n) is 6.08. The van der Waals surface area contributed by atoms with Gasteiger partial charge < -0.3 is 10.2 Å². The molecular weight excluding hydrogens is 481 g/mol. The minimum atomic E-state index is -0.398. The van der Waals surface area contributed by atoms with Gasteiger partial charge in [0.15, 0.2) is 5.82 Å². The molecule has 2 saturated heterocycles. The van der Waals surface area contributed by atoms with Crippen molar-refractivity contribution < 1.29 is 14.0 Å². The van der Waals surface area contributed by atoms with E-state index in [4.69, 9.17) is 0 Å². The first kappa shape index (κ1) is 24.0. The number of halogens is 1. The Hall–Kier alpha value is -3.70. The highest BCUT2D eigenvalue weighted by atomic mass is 32.2. The minimum Gasteiger partial charge on any atom is -0.341 e. The van der Waals surface area contributed by atoms with E-state index in [2.05, 4.69) is 35.5 Å². The number of pyridine rings is 2. The summed E-state index contributed by atoms with van der Waals surface area (Å²) >= 11 is 0.873. The molecule has 0 spiro atoms. The SMILES string of the molecule is O=C1NC(=O)C(=Cc2ccnc(N3CCC(CNCc4cccc(-c5ccncc5F)n4)CC3)n2)S1. The normalized spacial score (nSPS) is 17.6.